The molecule has 0 radical (unpaired) electrons. The van der Waals surface area contributed by atoms with Gasteiger partial charge in [0.1, 0.15) is 6.04 Å². The number of hydrogen-bond acceptors (Lipinski definition) is 6. The number of nitrogens with two attached hydrogens (primary N) is 1. The van der Waals surface area contributed by atoms with Crippen LogP contribution in [0.3, 0.4) is 0 Å². The Morgan fingerprint density at radius 2 is 1.64 bits per heavy atom. The average Bonchev–Trinajstić information content (AvgIpc) is 2.87. The molecule has 0 saturated carbocycles. The van der Waals surface area contributed by atoms with Crippen molar-refractivity contribution in [2.24, 2.45) is 11.1 Å². The Labute approximate surface area is 222 Å². The summed E-state index contributed by atoms with van der Waals surface area (Å²) in [5.41, 5.74) is 6.92. The summed E-state index contributed by atoms with van der Waals surface area (Å²) in [4.78, 5) is 41.0. The molecule has 1 aliphatic rings. The molecule has 2 aromatic rings. The number of carbonyl (C=O) groups is 3. The Bertz CT molecular complexity index is 1070. The zero-order chi connectivity index (χ0) is 26.5. The molecule has 1 aliphatic heterocycles. The van der Waals surface area contributed by atoms with E-state index in [4.69, 9.17) is 17.3 Å². The van der Waals surface area contributed by atoms with E-state index in [0.717, 1.165) is 31.1 Å². The van der Waals surface area contributed by atoms with Gasteiger partial charge in [-0.1, -0.05) is 37.6 Å². The standard InChI is InChI=1S/C26H33ClN4O4S/c1-26(2,21(28)25(34)35)22(36)23(32)29-20-9-5-18(6-10-20)24(33)31-15-13-30(14-16-31)12-11-17-3-7-19(27)8-4-17/h3-10,21-22,36H,11-16,28H2,1-2H3,(H,29,32)(H,34,35). The van der Waals surface area contributed by atoms with Crippen LogP contribution in [0.2, 0.25) is 5.02 Å². The highest BCUT2D eigenvalue weighted by Gasteiger charge is 2.41. The number of aliphatic carboxylic acids is 1. The fraction of sp³-hybridized carbons (Fsp3) is 0.423. The molecular weight excluding hydrogens is 500 g/mol. The third-order valence-electron chi connectivity index (χ3n) is 6.71. The van der Waals surface area contributed by atoms with Crippen LogP contribution in [0.1, 0.15) is 29.8 Å². The van der Waals surface area contributed by atoms with Crippen LogP contribution in [0.4, 0.5) is 5.69 Å². The Kier molecular flexibility index (Phi) is 9.41. The highest BCUT2D eigenvalue weighted by molar-refractivity contribution is 7.81. The number of anilines is 1. The number of halogens is 1. The first-order valence-electron chi connectivity index (χ1n) is 11.8. The summed E-state index contributed by atoms with van der Waals surface area (Å²) in [6.45, 7) is 7.02. The molecule has 2 aromatic carbocycles. The van der Waals surface area contributed by atoms with E-state index < -0.39 is 28.6 Å². The minimum absolute atomic E-state index is 0.0501. The van der Waals surface area contributed by atoms with Crippen molar-refractivity contribution in [3.05, 3.63) is 64.7 Å². The van der Waals surface area contributed by atoms with E-state index in [1.54, 1.807) is 38.1 Å². The molecule has 2 atom stereocenters. The molecule has 3 rings (SSSR count). The number of benzene rings is 2. The van der Waals surface area contributed by atoms with Crippen LogP contribution in [0, 0.1) is 5.41 Å². The number of thiol groups is 1. The van der Waals surface area contributed by atoms with E-state index in [0.29, 0.717) is 24.3 Å². The Morgan fingerprint density at radius 1 is 1.06 bits per heavy atom. The maximum Gasteiger partial charge on any atom is 0.321 e. The Hall–Kier alpha value is -2.59. The molecule has 194 valence electrons. The van der Waals surface area contributed by atoms with E-state index in [9.17, 15) is 19.5 Å². The van der Waals surface area contributed by atoms with Crippen molar-refractivity contribution in [3.8, 4) is 0 Å². The van der Waals surface area contributed by atoms with Crippen LogP contribution in [0.15, 0.2) is 48.5 Å². The summed E-state index contributed by atoms with van der Waals surface area (Å²) >= 11 is 10.3. The van der Waals surface area contributed by atoms with Crippen molar-refractivity contribution in [2.75, 3.05) is 38.0 Å². The maximum atomic E-state index is 13.0. The topological polar surface area (TPSA) is 116 Å². The quantitative estimate of drug-likeness (QED) is 0.369. The average molecular weight is 533 g/mol. The number of hydrogen-bond donors (Lipinski definition) is 4. The SMILES string of the molecule is CC(C)(C(N)C(=O)O)C(S)C(=O)Nc1ccc(C(=O)N2CCN(CCc3ccc(Cl)cc3)CC2)cc1. The highest BCUT2D eigenvalue weighted by atomic mass is 35.5. The smallest absolute Gasteiger partial charge is 0.321 e. The van der Waals surface area contributed by atoms with Gasteiger partial charge in [-0.2, -0.15) is 12.6 Å². The van der Waals surface area contributed by atoms with Gasteiger partial charge in [0.2, 0.25) is 5.91 Å². The number of rotatable bonds is 9. The van der Waals surface area contributed by atoms with Gasteiger partial charge in [0.15, 0.2) is 0 Å². The molecule has 4 N–H and O–H groups in total. The zero-order valence-corrected chi connectivity index (χ0v) is 22.1. The molecule has 0 spiro atoms. The molecule has 1 saturated heterocycles. The van der Waals surface area contributed by atoms with Crippen LogP contribution in [0.25, 0.3) is 0 Å². The van der Waals surface area contributed by atoms with Crippen molar-refractivity contribution in [1.82, 2.24) is 9.80 Å². The van der Waals surface area contributed by atoms with Gasteiger partial charge in [-0.3, -0.25) is 19.3 Å². The van der Waals surface area contributed by atoms with Crippen LogP contribution in [-0.2, 0) is 16.0 Å². The summed E-state index contributed by atoms with van der Waals surface area (Å²) in [5, 5.41) is 11.7. The molecule has 8 nitrogen and oxygen atoms in total. The first-order valence-corrected chi connectivity index (χ1v) is 12.7. The first-order chi connectivity index (χ1) is 17.0. The summed E-state index contributed by atoms with van der Waals surface area (Å²) in [5.74, 6) is -1.71. The van der Waals surface area contributed by atoms with E-state index in [1.807, 2.05) is 29.2 Å². The number of piperazine rings is 1. The van der Waals surface area contributed by atoms with Gasteiger partial charge in [-0.05, 0) is 48.4 Å². The fourth-order valence-corrected chi connectivity index (χ4v) is 4.38. The van der Waals surface area contributed by atoms with Crippen LogP contribution in [-0.4, -0.2) is 76.7 Å². The number of amides is 2. The van der Waals surface area contributed by atoms with Crippen molar-refractivity contribution in [3.63, 3.8) is 0 Å². The third kappa shape index (κ3) is 7.00. The van der Waals surface area contributed by atoms with E-state index in [2.05, 4.69) is 22.8 Å². The molecule has 2 unspecified atom stereocenters. The van der Waals surface area contributed by atoms with Gasteiger partial charge in [0, 0.05) is 54.4 Å². The summed E-state index contributed by atoms with van der Waals surface area (Å²) in [6, 6.07) is 13.3. The molecule has 0 bridgehead atoms. The second-order valence-corrected chi connectivity index (χ2v) is 10.6. The molecule has 1 fully saturated rings. The minimum atomic E-state index is -1.25. The first kappa shape index (κ1) is 28.0. The second-order valence-electron chi connectivity index (χ2n) is 9.62. The van der Waals surface area contributed by atoms with Crippen molar-refractivity contribution in [2.45, 2.75) is 31.6 Å². The van der Waals surface area contributed by atoms with Crippen molar-refractivity contribution in [1.29, 1.82) is 0 Å². The predicted octanol–water partition coefficient (Wildman–Crippen LogP) is 3.02. The monoisotopic (exact) mass is 532 g/mol. The fourth-order valence-electron chi connectivity index (χ4n) is 4.03. The number of nitrogens with zero attached hydrogens (tertiary/aromatic N) is 2. The molecule has 36 heavy (non-hydrogen) atoms. The van der Waals surface area contributed by atoms with E-state index in [-0.39, 0.29) is 5.91 Å². The Morgan fingerprint density at radius 3 is 2.19 bits per heavy atom. The largest absolute Gasteiger partial charge is 0.480 e. The highest BCUT2D eigenvalue weighted by Crippen LogP contribution is 2.30. The van der Waals surface area contributed by atoms with Crippen LogP contribution < -0.4 is 11.1 Å². The van der Waals surface area contributed by atoms with Gasteiger partial charge >= 0.3 is 5.97 Å². The number of carboxylic acids is 1. The molecule has 1 heterocycles. The minimum Gasteiger partial charge on any atom is -0.480 e. The number of carboxylic acid groups (broad SMARTS) is 1. The van der Waals surface area contributed by atoms with Crippen LogP contribution >= 0.6 is 24.2 Å². The van der Waals surface area contributed by atoms with Crippen LogP contribution in [0.5, 0.6) is 0 Å². The number of nitrogens with one attached hydrogen (secondary N) is 1. The van der Waals surface area contributed by atoms with Gasteiger partial charge in [0.05, 0.1) is 5.25 Å². The molecule has 2 amide bonds. The maximum absolute atomic E-state index is 13.0. The second kappa shape index (κ2) is 12.1. The molecular formula is C26H33ClN4O4S. The molecule has 0 aliphatic carbocycles. The van der Waals surface area contributed by atoms with Gasteiger partial charge < -0.3 is 21.1 Å². The zero-order valence-electron chi connectivity index (χ0n) is 20.5. The predicted molar refractivity (Wildman–Crippen MR) is 145 cm³/mol. The van der Waals surface area contributed by atoms with Crippen molar-refractivity contribution >= 4 is 47.7 Å². The van der Waals surface area contributed by atoms with Gasteiger partial charge in [0.25, 0.3) is 5.91 Å². The normalized spacial score (nSPS) is 16.3. The summed E-state index contributed by atoms with van der Waals surface area (Å²) in [7, 11) is 0. The van der Waals surface area contributed by atoms with Gasteiger partial charge in [-0.15, -0.1) is 0 Å². The molecule has 0 aromatic heterocycles. The lowest BCUT2D eigenvalue weighted by Crippen LogP contribution is -2.52. The lowest BCUT2D eigenvalue weighted by atomic mass is 9.80. The summed E-state index contributed by atoms with van der Waals surface area (Å²) < 4.78 is 0. The number of carbonyl (C=O) groups excluding carboxylic acids is 2. The lowest BCUT2D eigenvalue weighted by molar-refractivity contribution is -0.141. The van der Waals surface area contributed by atoms with E-state index in [1.165, 1.54) is 5.56 Å². The third-order valence-corrected chi connectivity index (χ3v) is 7.86. The van der Waals surface area contributed by atoms with E-state index >= 15 is 0 Å². The van der Waals surface area contributed by atoms with Gasteiger partial charge in [-0.25, -0.2) is 0 Å². The molecule has 10 heteroatoms. The Balaban J connectivity index is 1.49. The summed E-state index contributed by atoms with van der Waals surface area (Å²) in [6.07, 6.45) is 0.935. The van der Waals surface area contributed by atoms with Crippen molar-refractivity contribution < 1.29 is 19.5 Å². The lowest BCUT2D eigenvalue weighted by Gasteiger charge is -2.35.